The van der Waals surface area contributed by atoms with Crippen molar-refractivity contribution in [1.82, 2.24) is 49.8 Å². The molecule has 144 heavy (non-hydrogen) atoms. The maximum atomic E-state index is 6.28. The molecule has 12 aromatic heterocycles. The number of hydrogen-bond donors (Lipinski definition) is 0. The summed E-state index contributed by atoms with van der Waals surface area (Å²) in [6.45, 7) is 0. The molecule has 18 aromatic carbocycles. The average molecular weight is 1880 g/mol. The minimum Gasteiger partial charge on any atom is -0.455 e. The molecule has 16 heteroatoms. The first-order valence-corrected chi connectivity index (χ1v) is 49.2. The Labute approximate surface area is 829 Å². The van der Waals surface area contributed by atoms with Gasteiger partial charge in [-0.15, -0.1) is 22.7 Å². The summed E-state index contributed by atoms with van der Waals surface area (Å²) in [5.74, 6) is 2.67. The molecule has 0 unspecified atom stereocenters. The standard InChI is InChI=1S/C44H26N2O2.C42H24N4O2.C42H24N4S2/c1-2-10-32-30(28-20-24-40(46-26-28)38-16-8-14-36-34-12-4-6-18-42(34)48-44(36)38)22-21-29(31(32)9-1)27-19-23-39(45-25-27)37-15-7-13-35-33-11-3-5-17-41(33)47-43(35)37;2*1-2-10-26-20-36(28-23-45-42(46-24-28)34-16-8-14-32-30-12-4-6-18-38(30)48-40(32)34)35(19-25(26)9-1)27-21-43-41(44-22-27)33-15-7-13-31-29-11-3-5-17-37(29)47-39(31)33/h1-26H;2*1-24H. The summed E-state index contributed by atoms with van der Waals surface area (Å²) >= 11 is 3.58. The minimum absolute atomic E-state index is 0.609. The number of para-hydroxylation sites is 8. The summed E-state index contributed by atoms with van der Waals surface area (Å²) in [6.07, 6.45) is 19.2. The smallest absolute Gasteiger partial charge is 0.162 e. The van der Waals surface area contributed by atoms with Crippen LogP contribution in [0.2, 0.25) is 0 Å². The summed E-state index contributed by atoms with van der Waals surface area (Å²) in [7, 11) is 0. The lowest BCUT2D eigenvalue weighted by molar-refractivity contribution is 0.669. The summed E-state index contributed by atoms with van der Waals surface area (Å²) < 4.78 is 30.0. The van der Waals surface area contributed by atoms with E-state index in [-0.39, 0.29) is 0 Å². The first-order chi connectivity index (χ1) is 71.4. The fraction of sp³-hybridized carbons (Fsp3) is 0. The third kappa shape index (κ3) is 14.4. The van der Waals surface area contributed by atoms with Crippen LogP contribution >= 0.6 is 22.7 Å². The molecule has 12 heterocycles. The minimum atomic E-state index is 0.609. The van der Waals surface area contributed by atoms with Gasteiger partial charge >= 0.3 is 0 Å². The average Bonchev–Trinajstić information content (AvgIpc) is 1.45. The zero-order valence-corrected chi connectivity index (χ0v) is 78.3. The molecule has 0 saturated carbocycles. The van der Waals surface area contributed by atoms with Gasteiger partial charge in [-0.2, -0.15) is 0 Å². The first kappa shape index (κ1) is 83.2. The predicted molar refractivity (Wildman–Crippen MR) is 590 cm³/mol. The molecule has 0 spiro atoms. The summed E-state index contributed by atoms with van der Waals surface area (Å²) in [5.41, 5.74) is 26.5. The Morgan fingerprint density at radius 3 is 0.708 bits per heavy atom. The van der Waals surface area contributed by atoms with E-state index in [2.05, 4.69) is 291 Å². The maximum absolute atomic E-state index is 6.28. The fourth-order valence-corrected chi connectivity index (χ4v) is 23.1. The van der Waals surface area contributed by atoms with Crippen LogP contribution in [0.25, 0.3) is 295 Å². The van der Waals surface area contributed by atoms with Gasteiger partial charge in [-0.25, -0.2) is 39.9 Å². The quantitative estimate of drug-likeness (QED) is 0.113. The van der Waals surface area contributed by atoms with Crippen LogP contribution in [-0.2, 0) is 0 Å². The van der Waals surface area contributed by atoms with Gasteiger partial charge in [0.25, 0.3) is 0 Å². The monoisotopic (exact) mass is 1880 g/mol. The van der Waals surface area contributed by atoms with Crippen LogP contribution in [0.4, 0.5) is 0 Å². The van der Waals surface area contributed by atoms with Crippen molar-refractivity contribution in [2.24, 2.45) is 0 Å². The molecular weight excluding hydrogens is 1810 g/mol. The molecule has 30 aromatic rings. The Bertz CT molecular complexity index is 9390. The zero-order chi connectivity index (χ0) is 94.8. The van der Waals surface area contributed by atoms with E-state index in [1.807, 2.05) is 159 Å². The number of aromatic nitrogens is 10. The lowest BCUT2D eigenvalue weighted by atomic mass is 9.93. The second-order valence-electron chi connectivity index (χ2n) is 35.9. The number of thiophene rings is 2. The molecule has 0 aliphatic heterocycles. The third-order valence-corrected chi connectivity index (χ3v) is 30.1. The van der Waals surface area contributed by atoms with E-state index in [0.29, 0.717) is 11.6 Å². The second-order valence-corrected chi connectivity index (χ2v) is 38.0. The van der Waals surface area contributed by atoms with E-state index in [0.717, 1.165) is 232 Å². The highest BCUT2D eigenvalue weighted by Gasteiger charge is 2.25. The van der Waals surface area contributed by atoms with E-state index in [1.165, 1.54) is 51.1 Å². The third-order valence-electron chi connectivity index (χ3n) is 27.6. The largest absolute Gasteiger partial charge is 0.455 e. The molecular formula is C128H74N10O4S2. The Kier molecular flexibility index (Phi) is 20.0. The number of pyridine rings is 2. The van der Waals surface area contributed by atoms with Crippen molar-refractivity contribution < 1.29 is 17.7 Å². The van der Waals surface area contributed by atoms with E-state index in [9.17, 15) is 0 Å². The van der Waals surface area contributed by atoms with Gasteiger partial charge in [-0.05, 0) is 175 Å². The first-order valence-electron chi connectivity index (χ1n) is 47.6. The predicted octanol–water partition coefficient (Wildman–Crippen LogP) is 34.8. The summed E-state index contributed by atoms with van der Waals surface area (Å²) in [4.78, 5) is 49.0. The molecule has 672 valence electrons. The van der Waals surface area contributed by atoms with Crippen LogP contribution in [0.15, 0.2) is 468 Å². The molecule has 14 nitrogen and oxygen atoms in total. The van der Waals surface area contributed by atoms with Crippen LogP contribution in [0.3, 0.4) is 0 Å². The van der Waals surface area contributed by atoms with Crippen molar-refractivity contribution in [3.05, 3.63) is 450 Å². The Balaban J connectivity index is 0.000000105. The zero-order valence-electron chi connectivity index (χ0n) is 76.6. The maximum Gasteiger partial charge on any atom is 0.162 e. The van der Waals surface area contributed by atoms with Crippen LogP contribution in [0.5, 0.6) is 0 Å². The van der Waals surface area contributed by atoms with Gasteiger partial charge in [-0.1, -0.05) is 279 Å². The van der Waals surface area contributed by atoms with Gasteiger partial charge < -0.3 is 17.7 Å². The Morgan fingerprint density at radius 1 is 0.153 bits per heavy atom. The van der Waals surface area contributed by atoms with Crippen LogP contribution in [0.1, 0.15) is 0 Å². The van der Waals surface area contributed by atoms with Gasteiger partial charge in [0.1, 0.15) is 44.7 Å². The molecule has 0 saturated heterocycles. The lowest BCUT2D eigenvalue weighted by Gasteiger charge is -2.13. The van der Waals surface area contributed by atoms with Crippen LogP contribution < -0.4 is 0 Å². The summed E-state index contributed by atoms with van der Waals surface area (Å²) in [5, 5.41) is 20.6. The number of benzene rings is 18. The van der Waals surface area contributed by atoms with Gasteiger partial charge in [0.15, 0.2) is 23.3 Å². The van der Waals surface area contributed by atoms with Crippen LogP contribution in [0, 0.1) is 0 Å². The molecule has 0 aliphatic rings. The van der Waals surface area contributed by atoms with Crippen molar-refractivity contribution >= 4 is 183 Å². The van der Waals surface area contributed by atoms with Gasteiger partial charge in [0, 0.05) is 201 Å². The highest BCUT2D eigenvalue weighted by Crippen LogP contribution is 2.48. The van der Waals surface area contributed by atoms with E-state index >= 15 is 0 Å². The van der Waals surface area contributed by atoms with E-state index < -0.39 is 0 Å². The second kappa shape index (κ2) is 34.6. The van der Waals surface area contributed by atoms with E-state index in [4.69, 9.17) is 67.5 Å². The van der Waals surface area contributed by atoms with Crippen molar-refractivity contribution in [3.8, 4) is 135 Å². The van der Waals surface area contributed by atoms with Gasteiger partial charge in [0.2, 0.25) is 0 Å². The number of furan rings is 4. The Morgan fingerprint density at radius 2 is 0.396 bits per heavy atom. The van der Waals surface area contributed by atoms with Crippen molar-refractivity contribution in [2.75, 3.05) is 0 Å². The molecule has 0 fully saturated rings. The molecule has 0 radical (unpaired) electrons. The van der Waals surface area contributed by atoms with Gasteiger partial charge in [0.05, 0.1) is 22.5 Å². The Hall–Kier alpha value is -19.0. The normalized spacial score (nSPS) is 11.8. The van der Waals surface area contributed by atoms with Gasteiger partial charge in [-0.3, -0.25) is 9.97 Å². The number of fused-ring (bicyclic) bond motifs is 21. The van der Waals surface area contributed by atoms with E-state index in [1.54, 1.807) is 22.7 Å². The highest BCUT2D eigenvalue weighted by atomic mass is 32.1. The van der Waals surface area contributed by atoms with Crippen molar-refractivity contribution in [2.45, 2.75) is 0 Å². The van der Waals surface area contributed by atoms with Crippen molar-refractivity contribution in [1.29, 1.82) is 0 Å². The summed E-state index contributed by atoms with van der Waals surface area (Å²) in [6, 6.07) is 134. The van der Waals surface area contributed by atoms with Crippen LogP contribution in [-0.4, -0.2) is 49.8 Å². The number of hydrogen-bond acceptors (Lipinski definition) is 16. The highest BCUT2D eigenvalue weighted by molar-refractivity contribution is 7.26. The van der Waals surface area contributed by atoms with Crippen molar-refractivity contribution in [3.63, 3.8) is 0 Å². The number of nitrogens with zero attached hydrogens (tertiary/aromatic N) is 10. The topological polar surface area (TPSA) is 181 Å². The molecule has 0 atom stereocenters. The number of rotatable bonds is 12. The molecule has 0 N–H and O–H groups in total. The molecule has 0 amide bonds. The molecule has 30 rings (SSSR count). The molecule has 0 bridgehead atoms. The SMILES string of the molecule is c1ccc2c(c1)oc1c(-c3ccc(-c4ccc(-c5ccc(-c6cccc7c6oc6ccccc67)nc5)c5ccccc45)cn3)cccc12.c1ccc2cc(-c3cnc(-c4cccc5c4oc4ccccc45)nc3)c(-c3cnc(-c4cccc5c4oc4ccccc45)nc3)cc2c1.c1ccc2cc(-c3cnc(-c4cccc5c4sc4ccccc45)nc3)c(-c3cnc(-c4cccc5c4sc4ccccc45)nc3)cc2c1. The lowest BCUT2D eigenvalue weighted by Crippen LogP contribution is -1.94. The molecule has 0 aliphatic carbocycles. The fourth-order valence-electron chi connectivity index (χ4n) is 20.7.